The standard InChI is InChI=1S/C23H22N6O2S/c1-15(2)12-13-28-21(30)17-10-6-7-11-18(17)29-22(28)25-26-23(29)32-14-19-24-20(27-31-19)16-8-4-3-5-9-16/h3-11,15H,12-14H2,1-2H3. The molecule has 9 heteroatoms. The van der Waals surface area contributed by atoms with Gasteiger partial charge in [-0.15, -0.1) is 10.2 Å². The maximum atomic E-state index is 13.1. The largest absolute Gasteiger partial charge is 0.338 e. The number of hydrogen-bond donors (Lipinski definition) is 0. The molecule has 0 atom stereocenters. The SMILES string of the molecule is CC(C)CCn1c(=O)c2ccccc2n2c(SCc3nc(-c4ccccc4)no3)nnc12. The van der Waals surface area contributed by atoms with Crippen LogP contribution < -0.4 is 5.56 Å². The van der Waals surface area contributed by atoms with E-state index in [4.69, 9.17) is 4.52 Å². The van der Waals surface area contributed by atoms with E-state index in [1.165, 1.54) is 11.8 Å². The number of para-hydroxylation sites is 1. The average Bonchev–Trinajstić information content (AvgIpc) is 3.45. The minimum atomic E-state index is -0.0397. The zero-order chi connectivity index (χ0) is 22.1. The molecule has 0 saturated heterocycles. The van der Waals surface area contributed by atoms with Gasteiger partial charge in [0.1, 0.15) is 0 Å². The first-order valence-electron chi connectivity index (χ1n) is 10.5. The van der Waals surface area contributed by atoms with Crippen LogP contribution >= 0.6 is 11.8 Å². The summed E-state index contributed by atoms with van der Waals surface area (Å²) in [7, 11) is 0. The molecule has 0 spiro atoms. The summed E-state index contributed by atoms with van der Waals surface area (Å²) in [5.74, 6) is 2.53. The molecule has 3 aromatic heterocycles. The van der Waals surface area contributed by atoms with Crippen molar-refractivity contribution in [1.29, 1.82) is 0 Å². The quantitative estimate of drug-likeness (QED) is 0.342. The van der Waals surface area contributed by atoms with Crippen molar-refractivity contribution in [1.82, 2.24) is 29.3 Å². The van der Waals surface area contributed by atoms with E-state index < -0.39 is 0 Å². The second-order valence-electron chi connectivity index (χ2n) is 7.94. The predicted octanol–water partition coefficient (Wildman–Crippen LogP) is 4.43. The monoisotopic (exact) mass is 446 g/mol. The predicted molar refractivity (Wildman–Crippen MR) is 124 cm³/mol. The van der Waals surface area contributed by atoms with Gasteiger partial charge in [0, 0.05) is 12.1 Å². The van der Waals surface area contributed by atoms with Gasteiger partial charge in [-0.05, 0) is 24.5 Å². The molecule has 0 unspecified atom stereocenters. The van der Waals surface area contributed by atoms with Crippen molar-refractivity contribution in [3.63, 3.8) is 0 Å². The van der Waals surface area contributed by atoms with Gasteiger partial charge >= 0.3 is 0 Å². The highest BCUT2D eigenvalue weighted by atomic mass is 32.2. The lowest BCUT2D eigenvalue weighted by Crippen LogP contribution is -2.24. The summed E-state index contributed by atoms with van der Waals surface area (Å²) in [5.41, 5.74) is 1.65. The molecule has 0 amide bonds. The summed E-state index contributed by atoms with van der Waals surface area (Å²) in [6.45, 7) is 4.88. The lowest BCUT2D eigenvalue weighted by Gasteiger charge is -2.12. The zero-order valence-corrected chi connectivity index (χ0v) is 18.6. The maximum Gasteiger partial charge on any atom is 0.262 e. The molecule has 8 nitrogen and oxygen atoms in total. The van der Waals surface area contributed by atoms with Gasteiger partial charge in [0.05, 0.1) is 16.7 Å². The van der Waals surface area contributed by atoms with Gasteiger partial charge in [-0.25, -0.2) is 0 Å². The Morgan fingerprint density at radius 3 is 2.62 bits per heavy atom. The fraction of sp³-hybridized carbons (Fsp3) is 0.261. The fourth-order valence-electron chi connectivity index (χ4n) is 3.56. The van der Waals surface area contributed by atoms with Crippen molar-refractivity contribution >= 4 is 28.4 Å². The minimum absolute atomic E-state index is 0.0397. The Morgan fingerprint density at radius 2 is 1.81 bits per heavy atom. The summed E-state index contributed by atoms with van der Waals surface area (Å²) >= 11 is 1.45. The van der Waals surface area contributed by atoms with Gasteiger partial charge in [0.15, 0.2) is 5.16 Å². The third-order valence-corrected chi connectivity index (χ3v) is 6.15. The lowest BCUT2D eigenvalue weighted by molar-refractivity contribution is 0.391. The first-order valence-corrected chi connectivity index (χ1v) is 11.5. The molecule has 0 bridgehead atoms. The number of aryl methyl sites for hydroxylation is 1. The Hall–Kier alpha value is -3.46. The van der Waals surface area contributed by atoms with E-state index >= 15 is 0 Å². The molecule has 0 saturated carbocycles. The normalized spacial score (nSPS) is 11.7. The molecule has 3 heterocycles. The topological polar surface area (TPSA) is 91.1 Å². The van der Waals surface area contributed by atoms with Gasteiger partial charge in [-0.1, -0.05) is 73.2 Å². The van der Waals surface area contributed by atoms with Gasteiger partial charge in [0.2, 0.25) is 17.5 Å². The van der Waals surface area contributed by atoms with E-state index in [9.17, 15) is 4.79 Å². The number of benzene rings is 2. The summed E-state index contributed by atoms with van der Waals surface area (Å²) < 4.78 is 9.09. The summed E-state index contributed by atoms with van der Waals surface area (Å²) in [6.07, 6.45) is 0.882. The summed E-state index contributed by atoms with van der Waals surface area (Å²) in [4.78, 5) is 17.6. The molecular formula is C23H22N6O2S. The van der Waals surface area contributed by atoms with Crippen LogP contribution in [0.25, 0.3) is 28.1 Å². The Balaban J connectivity index is 1.50. The molecule has 0 aliphatic heterocycles. The third-order valence-electron chi connectivity index (χ3n) is 5.23. The number of thioether (sulfide) groups is 1. The molecule has 0 aliphatic carbocycles. The van der Waals surface area contributed by atoms with Crippen LogP contribution in [0.2, 0.25) is 0 Å². The second-order valence-corrected chi connectivity index (χ2v) is 8.88. The van der Waals surface area contributed by atoms with Crippen molar-refractivity contribution in [3.8, 4) is 11.4 Å². The van der Waals surface area contributed by atoms with Gasteiger partial charge in [-0.2, -0.15) is 4.98 Å². The van der Waals surface area contributed by atoms with Crippen LogP contribution in [0.1, 0.15) is 26.2 Å². The molecule has 0 N–H and O–H groups in total. The highest BCUT2D eigenvalue weighted by Crippen LogP contribution is 2.25. The van der Waals surface area contributed by atoms with E-state index in [0.29, 0.717) is 46.3 Å². The van der Waals surface area contributed by atoms with Crippen molar-refractivity contribution in [3.05, 3.63) is 70.8 Å². The number of rotatable bonds is 7. The average molecular weight is 447 g/mol. The molecule has 0 fully saturated rings. The first-order chi connectivity index (χ1) is 15.6. The number of nitrogens with zero attached hydrogens (tertiary/aromatic N) is 6. The van der Waals surface area contributed by atoms with E-state index in [0.717, 1.165) is 17.5 Å². The van der Waals surface area contributed by atoms with Crippen LogP contribution in [0.4, 0.5) is 0 Å². The van der Waals surface area contributed by atoms with Crippen LogP contribution in [-0.2, 0) is 12.3 Å². The lowest BCUT2D eigenvalue weighted by atomic mass is 10.1. The summed E-state index contributed by atoms with van der Waals surface area (Å²) in [6, 6.07) is 17.3. The Morgan fingerprint density at radius 1 is 1.03 bits per heavy atom. The highest BCUT2D eigenvalue weighted by Gasteiger charge is 2.18. The van der Waals surface area contributed by atoms with E-state index in [1.54, 1.807) is 4.57 Å². The van der Waals surface area contributed by atoms with E-state index in [-0.39, 0.29) is 5.56 Å². The molecule has 32 heavy (non-hydrogen) atoms. The van der Waals surface area contributed by atoms with Crippen LogP contribution in [-0.4, -0.2) is 29.3 Å². The fourth-order valence-corrected chi connectivity index (χ4v) is 4.34. The highest BCUT2D eigenvalue weighted by molar-refractivity contribution is 7.98. The molecular weight excluding hydrogens is 424 g/mol. The van der Waals surface area contributed by atoms with Crippen LogP contribution in [0.5, 0.6) is 0 Å². The maximum absolute atomic E-state index is 13.1. The summed E-state index contributed by atoms with van der Waals surface area (Å²) in [5, 5.41) is 14.1. The van der Waals surface area contributed by atoms with Crippen molar-refractivity contribution in [2.45, 2.75) is 37.7 Å². The van der Waals surface area contributed by atoms with Crippen molar-refractivity contribution < 1.29 is 4.52 Å². The minimum Gasteiger partial charge on any atom is -0.338 e. The van der Waals surface area contributed by atoms with Gasteiger partial charge < -0.3 is 4.52 Å². The van der Waals surface area contributed by atoms with Crippen LogP contribution in [0.3, 0.4) is 0 Å². The second kappa shape index (κ2) is 8.58. The van der Waals surface area contributed by atoms with Gasteiger partial charge in [0.25, 0.3) is 5.56 Å². The molecule has 5 aromatic rings. The smallest absolute Gasteiger partial charge is 0.262 e. The molecule has 162 valence electrons. The van der Waals surface area contributed by atoms with E-state index in [1.807, 2.05) is 59.0 Å². The Bertz CT molecular complexity index is 1440. The van der Waals surface area contributed by atoms with Crippen LogP contribution in [0, 0.1) is 5.92 Å². The van der Waals surface area contributed by atoms with Crippen LogP contribution in [0.15, 0.2) is 69.1 Å². The van der Waals surface area contributed by atoms with Crippen molar-refractivity contribution in [2.24, 2.45) is 5.92 Å². The third kappa shape index (κ3) is 3.80. The number of aromatic nitrogens is 6. The zero-order valence-electron chi connectivity index (χ0n) is 17.8. The van der Waals surface area contributed by atoms with Gasteiger partial charge in [-0.3, -0.25) is 13.8 Å². The first kappa shape index (κ1) is 20.4. The van der Waals surface area contributed by atoms with Crippen molar-refractivity contribution in [2.75, 3.05) is 0 Å². The molecule has 5 rings (SSSR count). The molecule has 0 radical (unpaired) electrons. The Labute approximate surface area is 188 Å². The Kier molecular flexibility index (Phi) is 5.48. The van der Waals surface area contributed by atoms with E-state index in [2.05, 4.69) is 34.2 Å². The molecule has 0 aliphatic rings. The number of fused-ring (bicyclic) bond motifs is 3. The number of hydrogen-bond acceptors (Lipinski definition) is 7. The molecule has 2 aromatic carbocycles.